The maximum Gasteiger partial charge on any atom is 0.341 e. The number of nitrogens with two attached hydrogens (primary N) is 2. The van der Waals surface area contributed by atoms with E-state index in [9.17, 15) is 24.0 Å². The lowest BCUT2D eigenvalue weighted by molar-refractivity contribution is -0.141. The highest BCUT2D eigenvalue weighted by Crippen LogP contribution is 2.65. The van der Waals surface area contributed by atoms with Crippen molar-refractivity contribution in [2.24, 2.45) is 50.5 Å². The predicted molar refractivity (Wildman–Crippen MR) is 152 cm³/mol. The van der Waals surface area contributed by atoms with Gasteiger partial charge in [0, 0.05) is 24.5 Å². The third kappa shape index (κ3) is 6.56. The largest absolute Gasteiger partial charge is 0.363 e. The van der Waals surface area contributed by atoms with Gasteiger partial charge in [-0.05, 0) is 35.0 Å². The number of aliphatic imine (C=N–C) groups is 1. The minimum atomic E-state index is -1.09. The molecule has 5 amide bonds. The Morgan fingerprint density at radius 1 is 1.02 bits per heavy atom. The Kier molecular flexibility index (Phi) is 8.89. The SMILES string of the molecule is CC(C)(C)/C(=N/C(=O)N[C@H](CN)C(C)(C)C)C(=O)N1C[C@H]2[C@@H]([C@H]1C(=O)N[C@H](CC1CCC1)C(=O)C(N)=O)C2(C)C. The molecular weight excluding hydrogens is 512 g/mol. The van der Waals surface area contributed by atoms with Crippen LogP contribution in [0.1, 0.15) is 81.1 Å². The lowest BCUT2D eigenvalue weighted by Gasteiger charge is -2.34. The first kappa shape index (κ1) is 31.7. The van der Waals surface area contributed by atoms with Crippen LogP contribution >= 0.6 is 0 Å². The number of nitrogens with zero attached hydrogens (tertiary/aromatic N) is 2. The van der Waals surface area contributed by atoms with Gasteiger partial charge in [0.1, 0.15) is 11.8 Å². The average molecular weight is 561 g/mol. The summed E-state index contributed by atoms with van der Waals surface area (Å²) >= 11 is 0. The van der Waals surface area contributed by atoms with Crippen molar-refractivity contribution in [3.8, 4) is 0 Å². The minimum Gasteiger partial charge on any atom is -0.363 e. The van der Waals surface area contributed by atoms with Crippen LogP contribution < -0.4 is 22.1 Å². The van der Waals surface area contributed by atoms with E-state index >= 15 is 0 Å². The number of amides is 5. The van der Waals surface area contributed by atoms with Crippen LogP contribution in [0.2, 0.25) is 0 Å². The number of primary amides is 1. The number of urea groups is 1. The van der Waals surface area contributed by atoms with Gasteiger partial charge in [-0.2, -0.15) is 4.99 Å². The zero-order chi connectivity index (χ0) is 30.4. The first-order chi connectivity index (χ1) is 18.3. The summed E-state index contributed by atoms with van der Waals surface area (Å²) in [5.41, 5.74) is 9.91. The van der Waals surface area contributed by atoms with E-state index in [-0.39, 0.29) is 46.9 Å². The molecule has 0 radical (unpaired) electrons. The van der Waals surface area contributed by atoms with Crippen molar-refractivity contribution in [3.63, 3.8) is 0 Å². The summed E-state index contributed by atoms with van der Waals surface area (Å²) in [6.07, 6.45) is 3.25. The van der Waals surface area contributed by atoms with Crippen LogP contribution in [0.5, 0.6) is 0 Å². The summed E-state index contributed by atoms with van der Waals surface area (Å²) in [5, 5.41) is 5.59. The molecule has 0 aromatic heterocycles. The van der Waals surface area contributed by atoms with Crippen LogP contribution in [0, 0.1) is 34.0 Å². The first-order valence-electron chi connectivity index (χ1n) is 14.3. The topological polar surface area (TPSA) is 177 Å². The Morgan fingerprint density at radius 2 is 1.62 bits per heavy atom. The first-order valence-corrected chi connectivity index (χ1v) is 14.3. The minimum absolute atomic E-state index is 0.0332. The molecule has 1 saturated heterocycles. The van der Waals surface area contributed by atoms with E-state index < -0.39 is 47.0 Å². The summed E-state index contributed by atoms with van der Waals surface area (Å²) < 4.78 is 0. The van der Waals surface area contributed by atoms with Gasteiger partial charge in [0.15, 0.2) is 0 Å². The number of carbonyl (C=O) groups excluding carboxylic acids is 5. The molecule has 1 heterocycles. The van der Waals surface area contributed by atoms with Crippen LogP contribution in [0.4, 0.5) is 4.79 Å². The van der Waals surface area contributed by atoms with Crippen LogP contribution in [0.15, 0.2) is 4.99 Å². The van der Waals surface area contributed by atoms with E-state index in [1.807, 2.05) is 20.8 Å². The summed E-state index contributed by atoms with van der Waals surface area (Å²) in [6.45, 7) is 15.9. The highest BCUT2D eigenvalue weighted by Gasteiger charge is 2.69. The summed E-state index contributed by atoms with van der Waals surface area (Å²) in [7, 11) is 0. The van der Waals surface area contributed by atoms with Crippen molar-refractivity contribution in [1.29, 1.82) is 0 Å². The summed E-state index contributed by atoms with van der Waals surface area (Å²) in [6, 6.07) is -2.91. The van der Waals surface area contributed by atoms with Gasteiger partial charge in [-0.25, -0.2) is 4.79 Å². The van der Waals surface area contributed by atoms with Crippen LogP contribution in [-0.4, -0.2) is 71.4 Å². The van der Waals surface area contributed by atoms with Crippen molar-refractivity contribution in [3.05, 3.63) is 0 Å². The molecule has 0 aromatic rings. The van der Waals surface area contributed by atoms with Gasteiger partial charge in [0.2, 0.25) is 11.7 Å². The highest BCUT2D eigenvalue weighted by atomic mass is 16.2. The van der Waals surface area contributed by atoms with E-state index in [4.69, 9.17) is 11.5 Å². The number of rotatable bonds is 9. The Bertz CT molecular complexity index is 1080. The third-order valence-corrected chi connectivity index (χ3v) is 9.11. The van der Waals surface area contributed by atoms with Crippen molar-refractivity contribution >= 4 is 35.2 Å². The van der Waals surface area contributed by atoms with Gasteiger partial charge < -0.3 is 27.0 Å². The van der Waals surface area contributed by atoms with Crippen molar-refractivity contribution in [2.75, 3.05) is 13.1 Å². The number of piperidine rings is 1. The Labute approximate surface area is 237 Å². The standard InChI is InChI=1S/C29H48N6O5/c1-27(2,3)18(13-30)33-26(40)34-22(28(4,5)6)25(39)35-14-16-19(29(16,7)8)20(35)24(38)32-17(21(36)23(31)37)12-15-10-9-11-15/h15-20H,9-14,30H2,1-8H3,(H2,31,37)(H,32,38)(H,33,40)/b34-22+/t16-,17+,18+,19-,20-/m0/s1. The molecule has 0 bridgehead atoms. The second-order valence-corrected chi connectivity index (χ2v) is 14.5. The quantitative estimate of drug-likeness (QED) is 0.247. The molecule has 3 aliphatic rings. The smallest absolute Gasteiger partial charge is 0.341 e. The molecule has 40 heavy (non-hydrogen) atoms. The molecule has 0 unspecified atom stereocenters. The second kappa shape index (κ2) is 11.2. The molecule has 224 valence electrons. The number of hydrogen-bond donors (Lipinski definition) is 4. The number of hydrogen-bond acceptors (Lipinski definition) is 6. The number of likely N-dealkylation sites (tertiary alicyclic amines) is 1. The van der Waals surface area contributed by atoms with E-state index in [1.54, 1.807) is 20.8 Å². The molecular formula is C29H48N6O5. The molecule has 5 atom stereocenters. The summed E-state index contributed by atoms with van der Waals surface area (Å²) in [4.78, 5) is 70.8. The van der Waals surface area contributed by atoms with Crippen LogP contribution in [-0.2, 0) is 19.2 Å². The molecule has 6 N–H and O–H groups in total. The number of carbonyl (C=O) groups is 5. The van der Waals surface area contributed by atoms with E-state index in [0.717, 1.165) is 19.3 Å². The zero-order valence-corrected chi connectivity index (χ0v) is 25.3. The second-order valence-electron chi connectivity index (χ2n) is 14.5. The molecule has 1 aliphatic heterocycles. The van der Waals surface area contributed by atoms with E-state index in [0.29, 0.717) is 13.0 Å². The lowest BCUT2D eigenvalue weighted by atomic mass is 9.80. The number of ketones is 1. The molecule has 3 fully saturated rings. The Balaban J connectivity index is 1.88. The van der Waals surface area contributed by atoms with Crippen LogP contribution in [0.3, 0.4) is 0 Å². The van der Waals surface area contributed by atoms with Crippen molar-refractivity contribution in [2.45, 2.75) is 99.2 Å². The van der Waals surface area contributed by atoms with Crippen LogP contribution in [0.25, 0.3) is 0 Å². The predicted octanol–water partition coefficient (Wildman–Crippen LogP) is 1.77. The number of Topliss-reactive ketones (excluding diaryl/α,β-unsaturated/α-hetero) is 1. The van der Waals surface area contributed by atoms with E-state index in [2.05, 4.69) is 29.5 Å². The average Bonchev–Trinajstić information content (AvgIpc) is 3.14. The van der Waals surface area contributed by atoms with Gasteiger partial charge in [0.25, 0.3) is 11.8 Å². The molecule has 11 heteroatoms. The van der Waals surface area contributed by atoms with Gasteiger partial charge >= 0.3 is 6.03 Å². The van der Waals surface area contributed by atoms with Gasteiger partial charge in [-0.3, -0.25) is 19.2 Å². The maximum absolute atomic E-state index is 14.0. The molecule has 0 aromatic carbocycles. The van der Waals surface area contributed by atoms with E-state index in [1.165, 1.54) is 4.90 Å². The maximum atomic E-state index is 14.0. The van der Waals surface area contributed by atoms with Gasteiger partial charge in [-0.15, -0.1) is 0 Å². The Morgan fingerprint density at radius 3 is 2.08 bits per heavy atom. The highest BCUT2D eigenvalue weighted by molar-refractivity contribution is 6.42. The molecule has 0 spiro atoms. The normalized spacial score (nSPS) is 25.8. The fourth-order valence-electron chi connectivity index (χ4n) is 6.10. The monoisotopic (exact) mass is 560 g/mol. The molecule has 2 aliphatic carbocycles. The molecule has 3 rings (SSSR count). The number of fused-ring (bicyclic) bond motifs is 1. The number of nitrogens with one attached hydrogen (secondary N) is 2. The lowest BCUT2D eigenvalue weighted by Crippen LogP contribution is -2.57. The van der Waals surface area contributed by atoms with Crippen molar-refractivity contribution < 1.29 is 24.0 Å². The fraction of sp³-hybridized carbons (Fsp3) is 0.793. The fourth-order valence-corrected chi connectivity index (χ4v) is 6.10. The third-order valence-electron chi connectivity index (χ3n) is 9.11. The zero-order valence-electron chi connectivity index (χ0n) is 25.3. The summed E-state index contributed by atoms with van der Waals surface area (Å²) in [5.74, 6) is -2.70. The van der Waals surface area contributed by atoms with Gasteiger partial charge in [0.05, 0.1) is 6.04 Å². The molecule has 11 nitrogen and oxygen atoms in total. The van der Waals surface area contributed by atoms with Gasteiger partial charge in [-0.1, -0.05) is 74.7 Å². The Hall–Kier alpha value is -2.82. The molecule has 2 saturated carbocycles. The van der Waals surface area contributed by atoms with Crippen molar-refractivity contribution in [1.82, 2.24) is 15.5 Å².